The van der Waals surface area contributed by atoms with E-state index in [4.69, 9.17) is 15.0 Å². The van der Waals surface area contributed by atoms with Crippen LogP contribution in [0.5, 0.6) is 0 Å². The fraction of sp³-hybridized carbons (Fsp3) is 0.205. The molecule has 0 N–H and O–H groups in total. The van der Waals surface area contributed by atoms with E-state index in [1.807, 2.05) is 53.6 Å². The van der Waals surface area contributed by atoms with Crippen molar-refractivity contribution in [3.63, 3.8) is 0 Å². The molecule has 0 bridgehead atoms. The average molecular weight is 687 g/mol. The molecule has 0 aliphatic rings. The Morgan fingerprint density at radius 2 is 1.25 bits per heavy atom. The fourth-order valence-electron chi connectivity index (χ4n) is 7.20. The van der Waals surface area contributed by atoms with Crippen LogP contribution >= 0.6 is 0 Å². The molecule has 2 aromatic heterocycles. The van der Waals surface area contributed by atoms with Crippen LogP contribution < -0.4 is 0 Å². The van der Waals surface area contributed by atoms with Gasteiger partial charge in [0.25, 0.3) is 0 Å². The summed E-state index contributed by atoms with van der Waals surface area (Å²) in [7, 11) is 1.97. The van der Waals surface area contributed by atoms with E-state index in [-0.39, 0.29) is 12.6 Å². The van der Waals surface area contributed by atoms with Crippen LogP contribution in [0.25, 0.3) is 22.5 Å². The van der Waals surface area contributed by atoms with Gasteiger partial charge in [-0.15, -0.1) is 5.10 Å². The van der Waals surface area contributed by atoms with Crippen molar-refractivity contribution < 1.29 is 9.53 Å². The van der Waals surface area contributed by atoms with E-state index in [9.17, 15) is 4.79 Å². The van der Waals surface area contributed by atoms with Crippen molar-refractivity contribution in [1.29, 1.82) is 0 Å². The Morgan fingerprint density at radius 3 is 1.81 bits per heavy atom. The van der Waals surface area contributed by atoms with Gasteiger partial charge in [-0.2, -0.15) is 0 Å². The Bertz CT molecular complexity index is 2150. The quantitative estimate of drug-likeness (QED) is 0.0893. The molecule has 5 aromatic carbocycles. The number of imidazole rings is 1. The molecule has 0 saturated carbocycles. The summed E-state index contributed by atoms with van der Waals surface area (Å²) in [5.74, 6) is 1.20. The molecule has 0 atom stereocenters. The SMILES string of the molecule is CCCc1nc(C(=O)OCCc2ccc(-c3ccccc3-c3nnnn3C(c3ccccc3)(c3ccccc3)c3ccccc3)cc2)c(CC)n1C. The number of ether oxygens (including phenoxy) is 1. The van der Waals surface area contributed by atoms with Crippen LogP contribution in [0.4, 0.5) is 0 Å². The summed E-state index contributed by atoms with van der Waals surface area (Å²) in [5, 5.41) is 13.7. The predicted octanol–water partition coefficient (Wildman–Crippen LogP) is 8.50. The van der Waals surface area contributed by atoms with Gasteiger partial charge in [0.1, 0.15) is 11.4 Å². The smallest absolute Gasteiger partial charge is 0.358 e. The van der Waals surface area contributed by atoms with E-state index >= 15 is 0 Å². The van der Waals surface area contributed by atoms with Gasteiger partial charge in [-0.3, -0.25) is 0 Å². The van der Waals surface area contributed by atoms with Crippen molar-refractivity contribution in [2.75, 3.05) is 6.61 Å². The van der Waals surface area contributed by atoms with Crippen LogP contribution in [-0.2, 0) is 36.6 Å². The molecule has 0 aliphatic carbocycles. The highest BCUT2D eigenvalue weighted by Crippen LogP contribution is 2.43. The van der Waals surface area contributed by atoms with Crippen LogP contribution in [0, 0.1) is 0 Å². The second-order valence-electron chi connectivity index (χ2n) is 12.8. The van der Waals surface area contributed by atoms with Gasteiger partial charge >= 0.3 is 5.97 Å². The largest absolute Gasteiger partial charge is 0.461 e. The molecule has 0 unspecified atom stereocenters. The molecule has 2 heterocycles. The zero-order valence-electron chi connectivity index (χ0n) is 29.8. The maximum Gasteiger partial charge on any atom is 0.358 e. The van der Waals surface area contributed by atoms with Crippen molar-refractivity contribution >= 4 is 5.97 Å². The summed E-state index contributed by atoms with van der Waals surface area (Å²) < 4.78 is 9.71. The second kappa shape index (κ2) is 15.4. The molecular formula is C44H42N6O2. The molecule has 52 heavy (non-hydrogen) atoms. The zero-order chi connectivity index (χ0) is 35.9. The zero-order valence-corrected chi connectivity index (χ0v) is 29.8. The summed E-state index contributed by atoms with van der Waals surface area (Å²) in [6.07, 6.45) is 3.11. The number of rotatable bonds is 13. The molecule has 8 heteroatoms. The Kier molecular flexibility index (Phi) is 10.2. The predicted molar refractivity (Wildman–Crippen MR) is 204 cm³/mol. The maximum absolute atomic E-state index is 13.0. The molecule has 0 amide bonds. The number of carbonyl (C=O) groups is 1. The van der Waals surface area contributed by atoms with Crippen molar-refractivity contribution in [3.05, 3.63) is 179 Å². The molecule has 260 valence electrons. The molecule has 0 aliphatic heterocycles. The third-order valence-corrected chi connectivity index (χ3v) is 9.73. The van der Waals surface area contributed by atoms with E-state index in [0.717, 1.165) is 69.7 Å². The summed E-state index contributed by atoms with van der Waals surface area (Å²) in [6.45, 7) is 4.42. The van der Waals surface area contributed by atoms with E-state index in [0.29, 0.717) is 17.9 Å². The van der Waals surface area contributed by atoms with Gasteiger partial charge < -0.3 is 9.30 Å². The summed E-state index contributed by atoms with van der Waals surface area (Å²) in [6, 6.07) is 47.8. The van der Waals surface area contributed by atoms with Crippen molar-refractivity contribution in [2.45, 2.75) is 45.1 Å². The van der Waals surface area contributed by atoms with Gasteiger partial charge in [-0.1, -0.05) is 153 Å². The van der Waals surface area contributed by atoms with Gasteiger partial charge in [-0.05, 0) is 56.6 Å². The molecule has 7 aromatic rings. The summed E-state index contributed by atoms with van der Waals surface area (Å²) >= 11 is 0. The standard InChI is InChI=1S/C44H42N6O2/c1-4-17-40-45-41(39(5-2)49(40)3)43(51)52-31-30-32-26-28-33(29-27-32)37-24-15-16-25-38(37)42-46-47-48-50(42)44(34-18-9-6-10-19-34,35-20-11-7-12-21-35)36-22-13-8-14-23-36/h6-16,18-29H,4-5,17,30-31H2,1-3H3. The normalized spacial score (nSPS) is 11.4. The first-order chi connectivity index (χ1) is 25.6. The summed E-state index contributed by atoms with van der Waals surface area (Å²) in [4.78, 5) is 17.6. The van der Waals surface area contributed by atoms with Crippen molar-refractivity contribution in [2.24, 2.45) is 7.05 Å². The first-order valence-electron chi connectivity index (χ1n) is 17.9. The highest BCUT2D eigenvalue weighted by molar-refractivity contribution is 5.88. The third-order valence-electron chi connectivity index (χ3n) is 9.73. The molecule has 7 rings (SSSR count). The Balaban J connectivity index is 1.20. The second-order valence-corrected chi connectivity index (χ2v) is 12.8. The Labute approximate surface area is 304 Å². The number of hydrogen-bond acceptors (Lipinski definition) is 6. The number of esters is 1. The van der Waals surface area contributed by atoms with Gasteiger partial charge in [0.2, 0.25) is 0 Å². The molecule has 8 nitrogen and oxygen atoms in total. The molecule has 0 fully saturated rings. The van der Waals surface area contributed by atoms with Crippen LogP contribution in [0.1, 0.15) is 64.5 Å². The van der Waals surface area contributed by atoms with Crippen molar-refractivity contribution in [1.82, 2.24) is 29.8 Å². The van der Waals surface area contributed by atoms with Crippen LogP contribution in [0.3, 0.4) is 0 Å². The average Bonchev–Trinajstić information content (AvgIpc) is 3.81. The first kappa shape index (κ1) is 34.3. The highest BCUT2D eigenvalue weighted by atomic mass is 16.5. The van der Waals surface area contributed by atoms with Gasteiger partial charge in [0, 0.05) is 25.5 Å². The van der Waals surface area contributed by atoms with E-state index in [1.165, 1.54) is 0 Å². The molecule has 0 radical (unpaired) electrons. The van der Waals surface area contributed by atoms with Gasteiger partial charge in [-0.25, -0.2) is 14.5 Å². The van der Waals surface area contributed by atoms with Crippen LogP contribution in [0.2, 0.25) is 0 Å². The Morgan fingerprint density at radius 1 is 0.692 bits per heavy atom. The van der Waals surface area contributed by atoms with Crippen LogP contribution in [-0.4, -0.2) is 42.3 Å². The monoisotopic (exact) mass is 686 g/mol. The van der Waals surface area contributed by atoms with Crippen LogP contribution in [0.15, 0.2) is 140 Å². The number of aromatic nitrogens is 6. The van der Waals surface area contributed by atoms with E-state index in [1.54, 1.807) is 0 Å². The molecule has 0 saturated heterocycles. The fourth-order valence-corrected chi connectivity index (χ4v) is 7.20. The number of carbonyl (C=O) groups excluding carboxylic acids is 1. The maximum atomic E-state index is 13.0. The highest BCUT2D eigenvalue weighted by Gasteiger charge is 2.42. The summed E-state index contributed by atoms with van der Waals surface area (Å²) in [5.41, 5.74) is 7.61. The number of hydrogen-bond donors (Lipinski definition) is 0. The van der Waals surface area contributed by atoms with Gasteiger partial charge in [0.05, 0.1) is 12.3 Å². The minimum absolute atomic E-state index is 0.271. The molecular weight excluding hydrogens is 645 g/mol. The first-order valence-corrected chi connectivity index (χ1v) is 17.9. The lowest BCUT2D eigenvalue weighted by atomic mass is 9.77. The lowest BCUT2D eigenvalue weighted by Crippen LogP contribution is -2.39. The number of tetrazole rings is 1. The minimum Gasteiger partial charge on any atom is -0.461 e. The number of nitrogens with zero attached hydrogens (tertiary/aromatic N) is 6. The Hall–Kier alpha value is -6.15. The molecule has 0 spiro atoms. The lowest BCUT2D eigenvalue weighted by Gasteiger charge is -2.36. The van der Waals surface area contributed by atoms with Crippen molar-refractivity contribution in [3.8, 4) is 22.5 Å². The lowest BCUT2D eigenvalue weighted by molar-refractivity contribution is 0.0501. The third kappa shape index (κ3) is 6.44. The topological polar surface area (TPSA) is 87.7 Å². The van der Waals surface area contributed by atoms with E-state index in [2.05, 4.69) is 126 Å². The number of aryl methyl sites for hydroxylation is 1. The number of benzene rings is 5. The van der Waals surface area contributed by atoms with Gasteiger partial charge in [0.15, 0.2) is 11.5 Å². The minimum atomic E-state index is -0.859. The van der Waals surface area contributed by atoms with E-state index < -0.39 is 5.54 Å².